The van der Waals surface area contributed by atoms with Gasteiger partial charge < -0.3 is 25.0 Å². The number of benzene rings is 1. The smallest absolute Gasteiger partial charge is 0.230 e. The average Bonchev–Trinajstić information content (AvgIpc) is 2.49. The van der Waals surface area contributed by atoms with Crippen LogP contribution in [0.2, 0.25) is 0 Å². The predicted molar refractivity (Wildman–Crippen MR) is 85.3 cm³/mol. The van der Waals surface area contributed by atoms with Crippen molar-refractivity contribution in [2.24, 2.45) is 0 Å². The molecule has 1 aliphatic rings. The van der Waals surface area contributed by atoms with Crippen molar-refractivity contribution in [1.29, 1.82) is 0 Å². The minimum Gasteiger partial charge on any atom is -0.544 e. The quantitative estimate of drug-likeness (QED) is 0.547. The zero-order chi connectivity index (χ0) is 17.0. The fourth-order valence-electron chi connectivity index (χ4n) is 3.13. The van der Waals surface area contributed by atoms with Gasteiger partial charge in [-0.25, -0.2) is 0 Å². The number of carboxylic acid groups (broad SMARTS) is 1. The number of carbonyl (C=O) groups excluding carboxylic acids is 2. The Morgan fingerprint density at radius 3 is 2.26 bits per heavy atom. The van der Waals surface area contributed by atoms with E-state index >= 15 is 0 Å². The number of piperazine rings is 1. The van der Waals surface area contributed by atoms with Crippen LogP contribution in [0.4, 0.5) is 5.69 Å². The Labute approximate surface area is 137 Å². The highest BCUT2D eigenvalue weighted by Crippen LogP contribution is 2.19. The molecule has 3 N–H and O–H groups in total. The molecule has 1 fully saturated rings. The summed E-state index contributed by atoms with van der Waals surface area (Å²) in [6.45, 7) is 7.18. The molecular weight excluding hydrogens is 294 g/mol. The van der Waals surface area contributed by atoms with Gasteiger partial charge in [0, 0.05) is 5.69 Å². The predicted octanol–water partition coefficient (Wildman–Crippen LogP) is -2.84. The van der Waals surface area contributed by atoms with Crippen molar-refractivity contribution in [3.05, 3.63) is 29.3 Å². The summed E-state index contributed by atoms with van der Waals surface area (Å²) in [6.07, 6.45) is -0.0511. The number of carbonyl (C=O) groups is 2. The monoisotopic (exact) mass is 320 g/mol. The molecule has 6 nitrogen and oxygen atoms in total. The lowest BCUT2D eigenvalue weighted by Gasteiger charge is -2.33. The summed E-state index contributed by atoms with van der Waals surface area (Å²) in [4.78, 5) is 26.1. The molecule has 1 aromatic carbocycles. The van der Waals surface area contributed by atoms with E-state index in [9.17, 15) is 14.7 Å². The summed E-state index contributed by atoms with van der Waals surface area (Å²) in [5.74, 6) is -1.41. The zero-order valence-electron chi connectivity index (χ0n) is 14.1. The van der Waals surface area contributed by atoms with Crippen LogP contribution in [0.5, 0.6) is 0 Å². The van der Waals surface area contributed by atoms with Crippen molar-refractivity contribution in [1.82, 2.24) is 0 Å². The summed E-state index contributed by atoms with van der Waals surface area (Å²) in [6, 6.07) is 4.99. The zero-order valence-corrected chi connectivity index (χ0v) is 14.1. The Hall–Kier alpha value is -1.92. The molecular formula is C17H26N3O3+. The molecule has 2 rings (SSSR count). The van der Waals surface area contributed by atoms with Gasteiger partial charge in [0.15, 0.2) is 0 Å². The van der Waals surface area contributed by atoms with Crippen molar-refractivity contribution in [3.8, 4) is 0 Å². The number of amides is 1. The summed E-state index contributed by atoms with van der Waals surface area (Å²) in [5.41, 5.74) is 2.71. The van der Waals surface area contributed by atoms with E-state index in [1.807, 2.05) is 32.0 Å². The molecule has 1 atom stereocenters. The molecule has 0 unspecified atom stereocenters. The van der Waals surface area contributed by atoms with Gasteiger partial charge in [0.2, 0.25) is 5.91 Å². The van der Waals surface area contributed by atoms with Crippen LogP contribution in [0.1, 0.15) is 17.5 Å². The Kier molecular flexibility index (Phi) is 5.74. The molecule has 0 aliphatic carbocycles. The third-order valence-electron chi connectivity index (χ3n) is 4.66. The highest BCUT2D eigenvalue weighted by molar-refractivity contribution is 5.94. The Morgan fingerprint density at radius 1 is 1.17 bits per heavy atom. The van der Waals surface area contributed by atoms with E-state index in [1.165, 1.54) is 4.90 Å². The largest absolute Gasteiger partial charge is 0.544 e. The highest BCUT2D eigenvalue weighted by atomic mass is 16.4. The van der Waals surface area contributed by atoms with Crippen molar-refractivity contribution in [2.45, 2.75) is 26.3 Å². The summed E-state index contributed by atoms with van der Waals surface area (Å²) in [7, 11) is 2.10. The first-order chi connectivity index (χ1) is 10.9. The second kappa shape index (κ2) is 7.57. The minimum absolute atomic E-state index is 0.0511. The molecule has 6 heteroatoms. The van der Waals surface area contributed by atoms with Gasteiger partial charge in [-0.3, -0.25) is 4.79 Å². The summed E-state index contributed by atoms with van der Waals surface area (Å²) in [5, 5.41) is 14.3. The Balaban J connectivity index is 2.02. The molecule has 0 spiro atoms. The average molecular weight is 320 g/mol. The lowest BCUT2D eigenvalue weighted by molar-refractivity contribution is -1.01. The van der Waals surface area contributed by atoms with E-state index in [0.717, 1.165) is 47.9 Å². The van der Waals surface area contributed by atoms with Crippen molar-refractivity contribution < 1.29 is 24.5 Å². The van der Waals surface area contributed by atoms with E-state index < -0.39 is 12.0 Å². The maximum absolute atomic E-state index is 12.3. The number of aliphatic carboxylic acids is 1. The van der Waals surface area contributed by atoms with Gasteiger partial charge in [-0.05, 0) is 25.0 Å². The summed E-state index contributed by atoms with van der Waals surface area (Å²) < 4.78 is 0. The SMILES string of the molecule is Cc1cccc(C)c1NC(=O)C[C@H](C(=O)[O-])[NH+]1CC[NH+](C)CC1. The fourth-order valence-corrected chi connectivity index (χ4v) is 3.13. The molecule has 1 heterocycles. The van der Waals surface area contributed by atoms with Gasteiger partial charge in [0.1, 0.15) is 32.2 Å². The van der Waals surface area contributed by atoms with E-state index in [2.05, 4.69) is 12.4 Å². The van der Waals surface area contributed by atoms with Crippen LogP contribution in [0, 0.1) is 13.8 Å². The lowest BCUT2D eigenvalue weighted by Crippen LogP contribution is -3.29. The number of para-hydroxylation sites is 1. The maximum Gasteiger partial charge on any atom is 0.230 e. The number of likely N-dealkylation sites (N-methyl/N-ethyl adjacent to an activating group) is 1. The van der Waals surface area contributed by atoms with Crippen LogP contribution in [0.15, 0.2) is 18.2 Å². The summed E-state index contributed by atoms with van der Waals surface area (Å²) >= 11 is 0. The number of aryl methyl sites for hydroxylation is 2. The van der Waals surface area contributed by atoms with Gasteiger partial charge >= 0.3 is 0 Å². The van der Waals surface area contributed by atoms with E-state index in [4.69, 9.17) is 0 Å². The Bertz CT molecular complexity index is 560. The van der Waals surface area contributed by atoms with Crippen LogP contribution in [0.3, 0.4) is 0 Å². The molecule has 1 aromatic rings. The molecule has 0 saturated carbocycles. The number of carboxylic acids is 1. The Morgan fingerprint density at radius 2 is 1.74 bits per heavy atom. The first-order valence-electron chi connectivity index (χ1n) is 8.11. The number of quaternary nitrogens is 2. The highest BCUT2D eigenvalue weighted by Gasteiger charge is 2.30. The molecule has 1 aliphatic heterocycles. The standard InChI is InChI=1S/C17H25N3O3/c1-12-5-4-6-13(2)16(12)18-15(21)11-14(17(22)23)20-9-7-19(3)8-10-20/h4-6,14H,7-11H2,1-3H3,(H,18,21)(H,22,23)/p+1/t14-/m1/s1. The normalized spacial score (nSPS) is 22.4. The van der Waals surface area contributed by atoms with Gasteiger partial charge in [-0.1, -0.05) is 18.2 Å². The topological polar surface area (TPSA) is 78.1 Å². The van der Waals surface area contributed by atoms with Gasteiger partial charge in [0.25, 0.3) is 0 Å². The van der Waals surface area contributed by atoms with Crippen molar-refractivity contribution in [3.63, 3.8) is 0 Å². The van der Waals surface area contributed by atoms with Gasteiger partial charge in [-0.15, -0.1) is 0 Å². The first kappa shape index (κ1) is 17.4. The first-order valence-corrected chi connectivity index (χ1v) is 8.11. The van der Waals surface area contributed by atoms with E-state index in [-0.39, 0.29) is 12.3 Å². The fraction of sp³-hybridized carbons (Fsp3) is 0.529. The molecule has 0 radical (unpaired) electrons. The maximum atomic E-state index is 12.3. The second-order valence-corrected chi connectivity index (χ2v) is 6.51. The molecule has 1 saturated heterocycles. The minimum atomic E-state index is -1.14. The second-order valence-electron chi connectivity index (χ2n) is 6.51. The molecule has 126 valence electrons. The van der Waals surface area contributed by atoms with Crippen molar-refractivity contribution in [2.75, 3.05) is 38.5 Å². The number of anilines is 1. The lowest BCUT2D eigenvalue weighted by atomic mass is 10.1. The van der Waals surface area contributed by atoms with Gasteiger partial charge in [0.05, 0.1) is 19.4 Å². The van der Waals surface area contributed by atoms with Crippen LogP contribution in [0.25, 0.3) is 0 Å². The van der Waals surface area contributed by atoms with Crippen LogP contribution in [-0.4, -0.2) is 51.1 Å². The molecule has 1 amide bonds. The molecule has 23 heavy (non-hydrogen) atoms. The third kappa shape index (κ3) is 4.53. The number of hydrogen-bond donors (Lipinski definition) is 3. The number of hydrogen-bond acceptors (Lipinski definition) is 3. The molecule has 0 bridgehead atoms. The van der Waals surface area contributed by atoms with E-state index in [1.54, 1.807) is 0 Å². The molecule has 0 aromatic heterocycles. The van der Waals surface area contributed by atoms with Crippen LogP contribution < -0.4 is 20.2 Å². The van der Waals surface area contributed by atoms with Crippen LogP contribution >= 0.6 is 0 Å². The number of rotatable bonds is 5. The van der Waals surface area contributed by atoms with Gasteiger partial charge in [-0.2, -0.15) is 0 Å². The third-order valence-corrected chi connectivity index (χ3v) is 4.66. The van der Waals surface area contributed by atoms with E-state index in [0.29, 0.717) is 0 Å². The van der Waals surface area contributed by atoms with Crippen molar-refractivity contribution >= 4 is 17.6 Å². The number of nitrogens with one attached hydrogen (secondary N) is 3. The van der Waals surface area contributed by atoms with Crippen LogP contribution in [-0.2, 0) is 9.59 Å².